The second-order valence-electron chi connectivity index (χ2n) is 5.68. The lowest BCUT2D eigenvalue weighted by molar-refractivity contribution is -0.160. The molecule has 0 fully saturated rings. The topological polar surface area (TPSA) is 67.4 Å². The first-order valence-corrected chi connectivity index (χ1v) is 8.00. The van der Waals surface area contributed by atoms with Gasteiger partial charge in [0.05, 0.1) is 12.5 Å². The minimum absolute atomic E-state index is 0.107. The van der Waals surface area contributed by atoms with Crippen LogP contribution in [0.15, 0.2) is 54.1 Å². The quantitative estimate of drug-likeness (QED) is 0.777. The van der Waals surface area contributed by atoms with Gasteiger partial charge in [0, 0.05) is 6.54 Å². The Hall–Kier alpha value is -2.77. The van der Waals surface area contributed by atoms with Crippen LogP contribution in [0.5, 0.6) is 5.75 Å². The van der Waals surface area contributed by atoms with Crippen molar-refractivity contribution >= 4 is 11.8 Å². The molecule has 0 heterocycles. The van der Waals surface area contributed by atoms with Gasteiger partial charge >= 0.3 is 6.18 Å². The Balaban J connectivity index is 1.63. The number of nitrogens with one attached hydrogen (secondary N) is 2. The molecule has 0 radical (unpaired) electrons. The van der Waals surface area contributed by atoms with Crippen LogP contribution in [-0.2, 0) is 9.59 Å². The Kier molecular flexibility index (Phi) is 6.82. The zero-order chi connectivity index (χ0) is 19.0. The van der Waals surface area contributed by atoms with Crippen molar-refractivity contribution < 1.29 is 27.5 Å². The summed E-state index contributed by atoms with van der Waals surface area (Å²) >= 11 is 0. The number of allylic oxidation sites excluding steroid dienone is 2. The maximum Gasteiger partial charge on any atom is 0.395 e. The predicted molar refractivity (Wildman–Crippen MR) is 89.3 cm³/mol. The normalized spacial score (nSPS) is 16.6. The van der Waals surface area contributed by atoms with E-state index in [1.54, 1.807) is 24.3 Å². The molecular formula is C18H19F3N2O3. The minimum atomic E-state index is -4.26. The zero-order valence-electron chi connectivity index (χ0n) is 13.9. The van der Waals surface area contributed by atoms with Crippen molar-refractivity contribution in [2.75, 3.05) is 19.7 Å². The fraction of sp³-hybridized carbons (Fsp3) is 0.333. The number of alkyl halides is 3. The van der Waals surface area contributed by atoms with Gasteiger partial charge in [0.2, 0.25) is 5.91 Å². The van der Waals surface area contributed by atoms with Crippen LogP contribution in [0.4, 0.5) is 13.2 Å². The monoisotopic (exact) mass is 368 g/mol. The van der Waals surface area contributed by atoms with Crippen molar-refractivity contribution in [2.24, 2.45) is 5.92 Å². The first kappa shape index (κ1) is 19.6. The van der Waals surface area contributed by atoms with Crippen LogP contribution >= 0.6 is 0 Å². The number of halogens is 3. The molecule has 1 aliphatic rings. The summed E-state index contributed by atoms with van der Waals surface area (Å²) < 4.78 is 42.8. The Bertz CT molecular complexity index is 685. The van der Waals surface area contributed by atoms with Gasteiger partial charge in [0.25, 0.3) is 5.91 Å². The number of carbonyl (C=O) groups excluding carboxylic acids is 2. The molecule has 0 saturated heterocycles. The smallest absolute Gasteiger partial charge is 0.395 e. The number of benzene rings is 1. The molecule has 2 N–H and O–H groups in total. The molecule has 1 aliphatic carbocycles. The summed E-state index contributed by atoms with van der Waals surface area (Å²) in [7, 11) is 0. The van der Waals surface area contributed by atoms with E-state index in [-0.39, 0.29) is 26.1 Å². The van der Waals surface area contributed by atoms with Crippen LogP contribution in [0.25, 0.3) is 0 Å². The lowest BCUT2D eigenvalue weighted by Crippen LogP contribution is -2.39. The summed E-state index contributed by atoms with van der Waals surface area (Å²) in [6.07, 6.45) is -0.504. The van der Waals surface area contributed by atoms with E-state index in [4.69, 9.17) is 4.74 Å². The fourth-order valence-corrected chi connectivity index (χ4v) is 2.20. The van der Waals surface area contributed by atoms with Crippen molar-refractivity contribution in [3.05, 3.63) is 54.1 Å². The number of para-hydroxylation sites is 1. The molecule has 2 amide bonds. The highest BCUT2D eigenvalue weighted by molar-refractivity contribution is 5.85. The van der Waals surface area contributed by atoms with Crippen molar-refractivity contribution in [2.45, 2.75) is 12.6 Å². The Morgan fingerprint density at radius 1 is 1.12 bits per heavy atom. The van der Waals surface area contributed by atoms with Gasteiger partial charge in [-0.2, -0.15) is 13.2 Å². The molecule has 5 nitrogen and oxygen atoms in total. The molecule has 1 unspecified atom stereocenters. The summed E-state index contributed by atoms with van der Waals surface area (Å²) in [5, 5.41) is 4.94. The molecule has 1 aromatic rings. The Labute approximate surface area is 148 Å². The highest BCUT2D eigenvalue weighted by Crippen LogP contribution is 2.32. The number of ether oxygens (including phenoxy) is 1. The predicted octanol–water partition coefficient (Wildman–Crippen LogP) is 2.36. The van der Waals surface area contributed by atoms with Crippen LogP contribution in [-0.4, -0.2) is 37.7 Å². The standard InChI is InChI=1S/C18H19F3N2O3/c19-18(20,21)14-8-6-13(7-9-14)10-22-16(24)11-23-17(25)12-26-15-4-2-1-3-5-15/h1-8,14H,9-12H2,(H,22,24)(H,23,25). The third kappa shape index (κ3) is 6.62. The van der Waals surface area contributed by atoms with E-state index in [9.17, 15) is 22.8 Å². The van der Waals surface area contributed by atoms with Gasteiger partial charge < -0.3 is 15.4 Å². The summed E-state index contributed by atoms with van der Waals surface area (Å²) in [6.45, 7) is -0.348. The highest BCUT2D eigenvalue weighted by atomic mass is 19.4. The van der Waals surface area contributed by atoms with E-state index in [0.717, 1.165) is 6.08 Å². The molecule has 0 aromatic heterocycles. The summed E-state index contributed by atoms with van der Waals surface area (Å²) in [4.78, 5) is 23.3. The lowest BCUT2D eigenvalue weighted by atomic mass is 9.96. The second kappa shape index (κ2) is 9.07. The number of carbonyl (C=O) groups is 2. The van der Waals surface area contributed by atoms with E-state index < -0.39 is 23.9 Å². The highest BCUT2D eigenvalue weighted by Gasteiger charge is 2.37. The fourth-order valence-electron chi connectivity index (χ4n) is 2.20. The lowest BCUT2D eigenvalue weighted by Gasteiger charge is -2.19. The Morgan fingerprint density at radius 3 is 2.46 bits per heavy atom. The summed E-state index contributed by atoms with van der Waals surface area (Å²) in [5.41, 5.74) is 0.595. The van der Waals surface area contributed by atoms with E-state index in [2.05, 4.69) is 10.6 Å². The van der Waals surface area contributed by atoms with Crippen LogP contribution < -0.4 is 15.4 Å². The van der Waals surface area contributed by atoms with E-state index >= 15 is 0 Å². The number of hydrogen-bond donors (Lipinski definition) is 2. The largest absolute Gasteiger partial charge is 0.484 e. The zero-order valence-corrected chi connectivity index (χ0v) is 13.9. The maximum atomic E-state index is 12.5. The molecule has 8 heteroatoms. The molecule has 2 rings (SSSR count). The van der Waals surface area contributed by atoms with Gasteiger partial charge in [-0.1, -0.05) is 36.4 Å². The van der Waals surface area contributed by atoms with Gasteiger partial charge in [-0.05, 0) is 24.1 Å². The van der Waals surface area contributed by atoms with Crippen LogP contribution in [0.1, 0.15) is 6.42 Å². The summed E-state index contributed by atoms with van der Waals surface area (Å²) in [5.74, 6) is -1.83. The van der Waals surface area contributed by atoms with Crippen molar-refractivity contribution in [1.29, 1.82) is 0 Å². The average molecular weight is 368 g/mol. The number of amides is 2. The van der Waals surface area contributed by atoms with Crippen LogP contribution in [0, 0.1) is 5.92 Å². The molecular weight excluding hydrogens is 349 g/mol. The molecule has 140 valence electrons. The van der Waals surface area contributed by atoms with E-state index in [0.29, 0.717) is 11.3 Å². The van der Waals surface area contributed by atoms with Gasteiger partial charge in [0.1, 0.15) is 5.75 Å². The SMILES string of the molecule is O=C(CNC(=O)COc1ccccc1)NCC1=CCC(C(F)(F)F)C=C1. The van der Waals surface area contributed by atoms with Crippen molar-refractivity contribution in [3.8, 4) is 5.75 Å². The summed E-state index contributed by atoms with van der Waals surface area (Å²) in [6, 6.07) is 8.76. The molecule has 1 aromatic carbocycles. The number of rotatable bonds is 7. The maximum absolute atomic E-state index is 12.5. The molecule has 0 aliphatic heterocycles. The molecule has 0 spiro atoms. The minimum Gasteiger partial charge on any atom is -0.484 e. The van der Waals surface area contributed by atoms with Gasteiger partial charge in [-0.25, -0.2) is 0 Å². The van der Waals surface area contributed by atoms with E-state index in [1.807, 2.05) is 6.07 Å². The third-order valence-electron chi connectivity index (χ3n) is 3.65. The van der Waals surface area contributed by atoms with E-state index in [1.165, 1.54) is 12.2 Å². The second-order valence-corrected chi connectivity index (χ2v) is 5.68. The molecule has 1 atom stereocenters. The van der Waals surface area contributed by atoms with Gasteiger partial charge in [-0.3, -0.25) is 9.59 Å². The van der Waals surface area contributed by atoms with Gasteiger partial charge in [0.15, 0.2) is 6.61 Å². The first-order valence-electron chi connectivity index (χ1n) is 8.00. The molecule has 26 heavy (non-hydrogen) atoms. The molecule has 0 saturated carbocycles. The van der Waals surface area contributed by atoms with Crippen molar-refractivity contribution in [3.63, 3.8) is 0 Å². The number of hydrogen-bond acceptors (Lipinski definition) is 3. The third-order valence-corrected chi connectivity index (χ3v) is 3.65. The van der Waals surface area contributed by atoms with Crippen LogP contribution in [0.3, 0.4) is 0 Å². The molecule has 0 bridgehead atoms. The van der Waals surface area contributed by atoms with Crippen LogP contribution in [0.2, 0.25) is 0 Å². The van der Waals surface area contributed by atoms with Crippen molar-refractivity contribution in [1.82, 2.24) is 10.6 Å². The Morgan fingerprint density at radius 2 is 1.85 bits per heavy atom. The van der Waals surface area contributed by atoms with Gasteiger partial charge in [-0.15, -0.1) is 0 Å². The average Bonchev–Trinajstić information content (AvgIpc) is 2.63. The first-order chi connectivity index (χ1) is 12.3.